The zero-order valence-electron chi connectivity index (χ0n) is 18.1. The maximum absolute atomic E-state index is 13.7. The number of carbonyl (C=O) groups excluding carboxylic acids is 2. The summed E-state index contributed by atoms with van der Waals surface area (Å²) in [5, 5.41) is 0. The van der Waals surface area contributed by atoms with Crippen LogP contribution >= 0.6 is 15.9 Å². The molecule has 1 saturated heterocycles. The Bertz CT molecular complexity index is 946. The highest BCUT2D eigenvalue weighted by molar-refractivity contribution is 9.10. The van der Waals surface area contributed by atoms with Gasteiger partial charge in [0.15, 0.2) is 0 Å². The fourth-order valence-corrected chi connectivity index (χ4v) is 4.64. The number of amides is 2. The predicted octanol–water partition coefficient (Wildman–Crippen LogP) is 4.35. The molecule has 2 aromatic rings. The lowest BCUT2D eigenvalue weighted by Gasteiger charge is -2.41. The summed E-state index contributed by atoms with van der Waals surface area (Å²) >= 11 is 3.46. The van der Waals surface area contributed by atoms with Gasteiger partial charge in [-0.3, -0.25) is 9.59 Å². The van der Waals surface area contributed by atoms with E-state index in [0.29, 0.717) is 32.7 Å². The Hall–Kier alpha value is -2.18. The van der Waals surface area contributed by atoms with Gasteiger partial charge in [-0.25, -0.2) is 0 Å². The number of hydrogen-bond acceptors (Lipinski definition) is 3. The molecule has 3 atom stereocenters. The van der Waals surface area contributed by atoms with Gasteiger partial charge < -0.3 is 14.5 Å². The van der Waals surface area contributed by atoms with Gasteiger partial charge in [-0.1, -0.05) is 66.2 Å². The SMILES string of the molecule is CCC(C)C(=O)N1Cc2ccccc2CC1C(=O)N1CCOC(c2ccc(Br)cc2)C1. The van der Waals surface area contributed by atoms with Gasteiger partial charge in [0.1, 0.15) is 12.1 Å². The number of morpholine rings is 1. The van der Waals surface area contributed by atoms with Crippen molar-refractivity contribution in [2.75, 3.05) is 19.7 Å². The summed E-state index contributed by atoms with van der Waals surface area (Å²) in [6.07, 6.45) is 1.18. The molecular formula is C25H29BrN2O3. The topological polar surface area (TPSA) is 49.9 Å². The molecule has 0 aromatic heterocycles. The summed E-state index contributed by atoms with van der Waals surface area (Å²) < 4.78 is 6.98. The summed E-state index contributed by atoms with van der Waals surface area (Å²) in [5.74, 6) is -0.00888. The van der Waals surface area contributed by atoms with Crippen LogP contribution in [0.5, 0.6) is 0 Å². The van der Waals surface area contributed by atoms with E-state index in [4.69, 9.17) is 4.74 Å². The van der Waals surface area contributed by atoms with Crippen LogP contribution in [0.1, 0.15) is 43.1 Å². The number of fused-ring (bicyclic) bond motifs is 1. The molecule has 6 heteroatoms. The molecule has 0 bridgehead atoms. The fourth-order valence-electron chi connectivity index (χ4n) is 4.37. The molecule has 0 radical (unpaired) electrons. The molecule has 2 amide bonds. The maximum Gasteiger partial charge on any atom is 0.245 e. The van der Waals surface area contributed by atoms with Gasteiger partial charge in [-0.15, -0.1) is 0 Å². The first-order valence-electron chi connectivity index (χ1n) is 11.0. The zero-order valence-corrected chi connectivity index (χ0v) is 19.7. The van der Waals surface area contributed by atoms with E-state index in [1.165, 1.54) is 0 Å². The van der Waals surface area contributed by atoms with Gasteiger partial charge in [-0.2, -0.15) is 0 Å². The molecule has 0 N–H and O–H groups in total. The molecule has 0 saturated carbocycles. The standard InChI is InChI=1S/C25H29BrN2O3/c1-3-17(2)24(29)28-15-20-7-5-4-6-19(20)14-22(28)25(30)27-12-13-31-23(16-27)18-8-10-21(26)11-9-18/h4-11,17,22-23H,3,12-16H2,1-2H3. The molecule has 0 spiro atoms. The minimum absolute atomic E-state index is 0.0246. The Morgan fingerprint density at radius 2 is 1.84 bits per heavy atom. The highest BCUT2D eigenvalue weighted by Gasteiger charge is 2.39. The lowest BCUT2D eigenvalue weighted by molar-refractivity contribution is -0.153. The number of halogens is 1. The molecule has 4 rings (SSSR count). The molecule has 2 aliphatic heterocycles. The van der Waals surface area contributed by atoms with Crippen LogP contribution < -0.4 is 0 Å². The van der Waals surface area contributed by atoms with Gasteiger partial charge in [0, 0.05) is 29.9 Å². The lowest BCUT2D eigenvalue weighted by atomic mass is 9.91. The Kier molecular flexibility index (Phi) is 6.77. The molecule has 1 fully saturated rings. The highest BCUT2D eigenvalue weighted by Crippen LogP contribution is 2.29. The molecule has 31 heavy (non-hydrogen) atoms. The zero-order chi connectivity index (χ0) is 22.0. The van der Waals surface area contributed by atoms with Gasteiger partial charge >= 0.3 is 0 Å². The Labute approximate surface area is 192 Å². The highest BCUT2D eigenvalue weighted by atomic mass is 79.9. The third kappa shape index (κ3) is 4.70. The smallest absolute Gasteiger partial charge is 0.245 e. The van der Waals surface area contributed by atoms with E-state index >= 15 is 0 Å². The summed E-state index contributed by atoms with van der Waals surface area (Å²) in [5.41, 5.74) is 3.35. The molecule has 2 heterocycles. The van der Waals surface area contributed by atoms with E-state index in [0.717, 1.165) is 27.6 Å². The number of hydrogen-bond donors (Lipinski definition) is 0. The van der Waals surface area contributed by atoms with Crippen LogP contribution in [-0.2, 0) is 27.3 Å². The van der Waals surface area contributed by atoms with Gasteiger partial charge in [-0.05, 0) is 35.2 Å². The van der Waals surface area contributed by atoms with Crippen molar-refractivity contribution in [1.29, 1.82) is 0 Å². The summed E-state index contributed by atoms with van der Waals surface area (Å²) in [4.78, 5) is 30.6. The second kappa shape index (κ2) is 9.53. The minimum Gasteiger partial charge on any atom is -0.370 e. The fraction of sp³-hybridized carbons (Fsp3) is 0.440. The van der Waals surface area contributed by atoms with Crippen molar-refractivity contribution in [3.05, 3.63) is 69.7 Å². The monoisotopic (exact) mass is 484 g/mol. The number of rotatable bonds is 4. The van der Waals surface area contributed by atoms with Gasteiger partial charge in [0.25, 0.3) is 0 Å². The van der Waals surface area contributed by atoms with E-state index in [1.54, 1.807) is 0 Å². The number of carbonyl (C=O) groups is 2. The maximum atomic E-state index is 13.7. The summed E-state index contributed by atoms with van der Waals surface area (Å²) in [6, 6.07) is 15.7. The molecule has 5 nitrogen and oxygen atoms in total. The average Bonchev–Trinajstić information content (AvgIpc) is 2.82. The van der Waals surface area contributed by atoms with Crippen molar-refractivity contribution < 1.29 is 14.3 Å². The third-order valence-electron chi connectivity index (χ3n) is 6.47. The van der Waals surface area contributed by atoms with Crippen LogP contribution in [0.3, 0.4) is 0 Å². The first kappa shape index (κ1) is 22.0. The van der Waals surface area contributed by atoms with Crippen LogP contribution in [0.15, 0.2) is 53.0 Å². The van der Waals surface area contributed by atoms with Crippen molar-refractivity contribution in [3.8, 4) is 0 Å². The van der Waals surface area contributed by atoms with E-state index in [-0.39, 0.29) is 23.8 Å². The second-order valence-corrected chi connectivity index (χ2v) is 9.37. The number of benzene rings is 2. The largest absolute Gasteiger partial charge is 0.370 e. The van der Waals surface area contributed by atoms with Crippen LogP contribution in [0, 0.1) is 5.92 Å². The molecule has 3 unspecified atom stereocenters. The molecule has 2 aliphatic rings. The van der Waals surface area contributed by atoms with Gasteiger partial charge in [0.2, 0.25) is 11.8 Å². The van der Waals surface area contributed by atoms with E-state index in [9.17, 15) is 9.59 Å². The van der Waals surface area contributed by atoms with E-state index in [2.05, 4.69) is 28.1 Å². The summed E-state index contributed by atoms with van der Waals surface area (Å²) in [7, 11) is 0. The van der Waals surface area contributed by atoms with Crippen LogP contribution in [-0.4, -0.2) is 47.4 Å². The number of nitrogens with zero attached hydrogens (tertiary/aromatic N) is 2. The molecule has 0 aliphatic carbocycles. The first-order valence-corrected chi connectivity index (χ1v) is 11.8. The lowest BCUT2D eigenvalue weighted by Crippen LogP contribution is -2.56. The van der Waals surface area contributed by atoms with Crippen molar-refractivity contribution in [1.82, 2.24) is 9.80 Å². The second-order valence-electron chi connectivity index (χ2n) is 8.46. The quantitative estimate of drug-likeness (QED) is 0.647. The Morgan fingerprint density at radius 1 is 1.13 bits per heavy atom. The van der Waals surface area contributed by atoms with Crippen molar-refractivity contribution in [3.63, 3.8) is 0 Å². The van der Waals surface area contributed by atoms with Crippen LogP contribution in [0.4, 0.5) is 0 Å². The average molecular weight is 485 g/mol. The Morgan fingerprint density at radius 3 is 2.55 bits per heavy atom. The molecular weight excluding hydrogens is 456 g/mol. The van der Waals surface area contributed by atoms with Crippen molar-refractivity contribution >= 4 is 27.7 Å². The van der Waals surface area contributed by atoms with E-state index < -0.39 is 6.04 Å². The molecule has 2 aromatic carbocycles. The van der Waals surface area contributed by atoms with Gasteiger partial charge in [0.05, 0.1) is 13.2 Å². The van der Waals surface area contributed by atoms with Crippen LogP contribution in [0.2, 0.25) is 0 Å². The first-order chi connectivity index (χ1) is 15.0. The van der Waals surface area contributed by atoms with E-state index in [1.807, 2.05) is 60.0 Å². The normalized spacial score (nSPS) is 22.0. The minimum atomic E-state index is -0.458. The van der Waals surface area contributed by atoms with Crippen LogP contribution in [0.25, 0.3) is 0 Å². The van der Waals surface area contributed by atoms with Crippen molar-refractivity contribution in [2.24, 2.45) is 5.92 Å². The number of ether oxygens (including phenoxy) is 1. The third-order valence-corrected chi connectivity index (χ3v) is 7.00. The summed E-state index contributed by atoms with van der Waals surface area (Å²) in [6.45, 7) is 6.01. The van der Waals surface area contributed by atoms with Crippen molar-refractivity contribution in [2.45, 2.75) is 45.4 Å². The molecule has 164 valence electrons. The Balaban J connectivity index is 1.57. The predicted molar refractivity (Wildman–Crippen MR) is 123 cm³/mol.